The van der Waals surface area contributed by atoms with E-state index in [1.54, 1.807) is 11.8 Å². The molecule has 2 aliphatic rings. The molecule has 2 amide bonds. The van der Waals surface area contributed by atoms with Crippen LogP contribution in [-0.2, 0) is 14.3 Å². The van der Waals surface area contributed by atoms with Gasteiger partial charge >= 0.3 is 12.1 Å². The molecule has 1 fully saturated rings. The molecule has 0 spiro atoms. The smallest absolute Gasteiger partial charge is 0.407 e. The number of likely N-dealkylation sites (tertiary alicyclic amines) is 1. The van der Waals surface area contributed by atoms with Gasteiger partial charge in [-0.05, 0) is 41.0 Å². The Morgan fingerprint density at radius 1 is 1.06 bits per heavy atom. The molecule has 2 N–H and O–H groups in total. The molecule has 0 aromatic heterocycles. The molecule has 34 heavy (non-hydrogen) atoms. The number of carbonyl (C=O) groups excluding carboxylic acids is 2. The number of amides is 2. The van der Waals surface area contributed by atoms with E-state index >= 15 is 0 Å². The van der Waals surface area contributed by atoms with Crippen LogP contribution in [0.15, 0.2) is 48.5 Å². The fourth-order valence-corrected chi connectivity index (χ4v) is 5.15. The molecule has 0 saturated carbocycles. The fraction of sp³-hybridized carbons (Fsp3) is 0.444. The topological polar surface area (TPSA) is 95.9 Å². The van der Waals surface area contributed by atoms with Gasteiger partial charge in [-0.15, -0.1) is 0 Å². The molecule has 4 rings (SSSR count). The minimum Gasteiger partial charge on any atom is -0.481 e. The van der Waals surface area contributed by atoms with E-state index in [-0.39, 0.29) is 18.4 Å². The second-order valence-corrected chi connectivity index (χ2v) is 10.3. The van der Waals surface area contributed by atoms with Crippen molar-refractivity contribution < 1.29 is 24.2 Å². The summed E-state index contributed by atoms with van der Waals surface area (Å²) in [6, 6.07) is 14.9. The van der Waals surface area contributed by atoms with E-state index in [0.717, 1.165) is 22.3 Å². The summed E-state index contributed by atoms with van der Waals surface area (Å²) >= 11 is 0. The third-order valence-electron chi connectivity index (χ3n) is 7.07. The van der Waals surface area contributed by atoms with Crippen LogP contribution in [0.5, 0.6) is 0 Å². The van der Waals surface area contributed by atoms with Gasteiger partial charge in [0, 0.05) is 18.5 Å². The van der Waals surface area contributed by atoms with Crippen molar-refractivity contribution in [2.75, 3.05) is 13.2 Å². The predicted octanol–water partition coefficient (Wildman–Crippen LogP) is 4.26. The van der Waals surface area contributed by atoms with E-state index in [2.05, 4.69) is 29.6 Å². The van der Waals surface area contributed by atoms with E-state index < -0.39 is 35.5 Å². The number of ether oxygens (including phenoxy) is 1. The molecule has 3 atom stereocenters. The molecule has 1 aliphatic carbocycles. The Labute approximate surface area is 200 Å². The number of aliphatic carboxylic acids is 1. The highest BCUT2D eigenvalue weighted by atomic mass is 16.5. The standard InChI is InChI=1S/C27H32N2O5/c1-16-17(25(31)32)13-14-29(16)24(30)23(27(2,3)4)28-26(33)34-15-22-20-11-7-5-9-18(20)19-10-6-8-12-21(19)22/h5-12,16-17,22-23H,13-15H2,1-4H3,(H,28,33)(H,31,32)/t16?,17?,23-/m1/s1. The Morgan fingerprint density at radius 3 is 2.12 bits per heavy atom. The van der Waals surface area contributed by atoms with Crippen LogP contribution in [0.25, 0.3) is 11.1 Å². The lowest BCUT2D eigenvalue weighted by atomic mass is 9.85. The van der Waals surface area contributed by atoms with Crippen molar-refractivity contribution in [2.45, 2.75) is 52.1 Å². The van der Waals surface area contributed by atoms with Gasteiger partial charge in [-0.3, -0.25) is 9.59 Å². The van der Waals surface area contributed by atoms with E-state index in [1.807, 2.05) is 45.0 Å². The number of nitrogens with one attached hydrogen (secondary N) is 1. The van der Waals surface area contributed by atoms with Crippen LogP contribution in [0.4, 0.5) is 4.79 Å². The Bertz CT molecular complexity index is 1060. The second kappa shape index (κ2) is 9.12. The van der Waals surface area contributed by atoms with E-state index in [1.165, 1.54) is 0 Å². The van der Waals surface area contributed by atoms with E-state index in [0.29, 0.717) is 13.0 Å². The van der Waals surface area contributed by atoms with Gasteiger partial charge in [0.15, 0.2) is 0 Å². The van der Waals surface area contributed by atoms with Crippen LogP contribution in [0, 0.1) is 11.3 Å². The Kier molecular flexibility index (Phi) is 6.39. The van der Waals surface area contributed by atoms with Gasteiger partial charge in [-0.25, -0.2) is 4.79 Å². The second-order valence-electron chi connectivity index (χ2n) is 10.3. The highest BCUT2D eigenvalue weighted by molar-refractivity contribution is 5.88. The van der Waals surface area contributed by atoms with Crippen LogP contribution in [-0.4, -0.2) is 53.2 Å². The fourth-order valence-electron chi connectivity index (χ4n) is 5.15. The summed E-state index contributed by atoms with van der Waals surface area (Å²) in [7, 11) is 0. The number of hydrogen-bond acceptors (Lipinski definition) is 4. The number of carboxylic acids is 1. The predicted molar refractivity (Wildman–Crippen MR) is 128 cm³/mol. The maximum atomic E-state index is 13.4. The molecule has 0 radical (unpaired) electrons. The Hall–Kier alpha value is -3.35. The molecule has 2 aromatic carbocycles. The minimum absolute atomic E-state index is 0.0723. The van der Waals surface area contributed by atoms with E-state index in [9.17, 15) is 19.5 Å². The number of rotatable bonds is 5. The van der Waals surface area contributed by atoms with Crippen LogP contribution in [0.1, 0.15) is 51.2 Å². The number of hydrogen-bond donors (Lipinski definition) is 2. The van der Waals surface area contributed by atoms with Gasteiger partial charge in [0.2, 0.25) is 5.91 Å². The maximum Gasteiger partial charge on any atom is 0.407 e. The van der Waals surface area contributed by atoms with Gasteiger partial charge < -0.3 is 20.1 Å². The summed E-state index contributed by atoms with van der Waals surface area (Å²) in [5, 5.41) is 12.2. The summed E-state index contributed by atoms with van der Waals surface area (Å²) in [4.78, 5) is 39.3. The minimum atomic E-state index is -0.903. The highest BCUT2D eigenvalue weighted by Gasteiger charge is 2.44. The first-order chi connectivity index (χ1) is 16.1. The van der Waals surface area contributed by atoms with Gasteiger partial charge in [0.05, 0.1) is 5.92 Å². The molecule has 180 valence electrons. The molecule has 1 heterocycles. The lowest BCUT2D eigenvalue weighted by Gasteiger charge is -2.35. The van der Waals surface area contributed by atoms with Gasteiger partial charge in [-0.2, -0.15) is 0 Å². The van der Waals surface area contributed by atoms with Gasteiger partial charge in [0.25, 0.3) is 0 Å². The highest BCUT2D eigenvalue weighted by Crippen LogP contribution is 2.44. The van der Waals surface area contributed by atoms with Crippen molar-refractivity contribution in [1.82, 2.24) is 10.2 Å². The van der Waals surface area contributed by atoms with Crippen LogP contribution in [0.3, 0.4) is 0 Å². The summed E-state index contributed by atoms with van der Waals surface area (Å²) in [6.45, 7) is 7.87. The molecule has 7 heteroatoms. The first-order valence-corrected chi connectivity index (χ1v) is 11.7. The summed E-state index contributed by atoms with van der Waals surface area (Å²) in [5.74, 6) is -1.85. The summed E-state index contributed by atoms with van der Waals surface area (Å²) < 4.78 is 5.65. The number of benzene rings is 2. The molecule has 2 unspecified atom stereocenters. The zero-order chi connectivity index (χ0) is 24.6. The van der Waals surface area contributed by atoms with Crippen molar-refractivity contribution in [3.05, 3.63) is 59.7 Å². The Morgan fingerprint density at radius 2 is 1.62 bits per heavy atom. The largest absolute Gasteiger partial charge is 0.481 e. The number of carboxylic acid groups (broad SMARTS) is 1. The zero-order valence-electron chi connectivity index (χ0n) is 20.1. The van der Waals surface area contributed by atoms with Crippen LogP contribution in [0.2, 0.25) is 0 Å². The number of carbonyl (C=O) groups is 3. The van der Waals surface area contributed by atoms with Gasteiger partial charge in [-0.1, -0.05) is 69.3 Å². The average molecular weight is 465 g/mol. The first kappa shape index (κ1) is 23.8. The summed E-state index contributed by atoms with van der Waals surface area (Å²) in [5.41, 5.74) is 3.94. The van der Waals surface area contributed by atoms with Crippen LogP contribution >= 0.6 is 0 Å². The third-order valence-corrected chi connectivity index (χ3v) is 7.07. The number of alkyl carbamates (subject to hydrolysis) is 1. The first-order valence-electron chi connectivity index (χ1n) is 11.7. The number of nitrogens with zero attached hydrogens (tertiary/aromatic N) is 1. The molecule has 0 bridgehead atoms. The maximum absolute atomic E-state index is 13.4. The lowest BCUT2D eigenvalue weighted by molar-refractivity contribution is -0.143. The monoisotopic (exact) mass is 464 g/mol. The Balaban J connectivity index is 1.46. The molecule has 2 aromatic rings. The molecular weight excluding hydrogens is 432 g/mol. The van der Waals surface area contributed by atoms with Gasteiger partial charge in [0.1, 0.15) is 12.6 Å². The normalized spacial score (nSPS) is 20.4. The SMILES string of the molecule is CC1C(C(=O)O)CCN1C(=O)[C@@H](NC(=O)OCC1c2ccccc2-c2ccccc21)C(C)(C)C. The van der Waals surface area contributed by atoms with Crippen molar-refractivity contribution in [3.63, 3.8) is 0 Å². The van der Waals surface area contributed by atoms with E-state index in [4.69, 9.17) is 4.74 Å². The van der Waals surface area contributed by atoms with Crippen molar-refractivity contribution in [1.29, 1.82) is 0 Å². The van der Waals surface area contributed by atoms with Crippen molar-refractivity contribution in [3.8, 4) is 11.1 Å². The average Bonchev–Trinajstić information content (AvgIpc) is 3.33. The molecule has 7 nitrogen and oxygen atoms in total. The van der Waals surface area contributed by atoms with Crippen molar-refractivity contribution >= 4 is 18.0 Å². The third kappa shape index (κ3) is 4.39. The molecule has 1 saturated heterocycles. The molecule has 1 aliphatic heterocycles. The lowest BCUT2D eigenvalue weighted by Crippen LogP contribution is -2.56. The molecular formula is C27H32N2O5. The zero-order valence-corrected chi connectivity index (χ0v) is 20.1. The quantitative estimate of drug-likeness (QED) is 0.689. The van der Waals surface area contributed by atoms with Crippen molar-refractivity contribution in [2.24, 2.45) is 11.3 Å². The summed E-state index contributed by atoms with van der Waals surface area (Å²) in [6.07, 6.45) is -0.249. The number of fused-ring (bicyclic) bond motifs is 3. The van der Waals surface area contributed by atoms with Crippen LogP contribution < -0.4 is 5.32 Å².